The fraction of sp³-hybridized carbons (Fsp3) is 0.108. The number of anilines is 3. The van der Waals surface area contributed by atoms with Crippen LogP contribution in [0, 0.1) is 0 Å². The number of hydrogen-bond donors (Lipinski definition) is 0. The maximum Gasteiger partial charge on any atom is 0.249 e. The summed E-state index contributed by atoms with van der Waals surface area (Å²) in [6, 6.07) is 86.4. The van der Waals surface area contributed by atoms with Crippen molar-refractivity contribution in [3.8, 4) is 33.6 Å². The average molecular weight is 1050 g/mol. The van der Waals surface area contributed by atoms with E-state index in [1.54, 1.807) is 0 Å². The highest BCUT2D eigenvalue weighted by Gasteiger charge is 2.43. The molecule has 0 radical (unpaired) electrons. The summed E-state index contributed by atoms with van der Waals surface area (Å²) < 4.78 is 11.7. The highest BCUT2D eigenvalue weighted by atomic mass is 32.2. The molecule has 0 unspecified atom stereocenters. The molecule has 0 N–H and O–H groups in total. The van der Waals surface area contributed by atoms with Crippen molar-refractivity contribution >= 4 is 117 Å². The smallest absolute Gasteiger partial charge is 0.249 e. The summed E-state index contributed by atoms with van der Waals surface area (Å²) >= 11 is 1.94. The zero-order valence-electron chi connectivity index (χ0n) is 45.3. The molecule has 382 valence electrons. The van der Waals surface area contributed by atoms with E-state index < -0.39 is 0 Å². The molecule has 0 fully saturated rings. The molecule has 16 rings (SSSR count). The number of para-hydroxylation sites is 3. The van der Waals surface area contributed by atoms with Crippen LogP contribution >= 0.6 is 11.8 Å². The Labute approximate surface area is 470 Å². The Bertz CT molecular complexity index is 4850. The highest BCUT2D eigenvalue weighted by Crippen LogP contribution is 2.48. The molecule has 0 saturated carbocycles. The minimum absolute atomic E-state index is 0.0182. The number of benzene rings is 11. The Hall–Kier alpha value is -8.97. The van der Waals surface area contributed by atoms with Crippen LogP contribution in [0.3, 0.4) is 0 Å². The fourth-order valence-corrected chi connectivity index (χ4v) is 14.6. The number of fused-ring (bicyclic) bond motifs is 13. The molecule has 11 aromatic carbocycles. The quantitative estimate of drug-likeness (QED) is 0.142. The molecular formula is C74H56BN3OS. The van der Waals surface area contributed by atoms with Crippen LogP contribution in [-0.2, 0) is 11.8 Å². The first-order valence-electron chi connectivity index (χ1n) is 28.3. The largest absolute Gasteiger partial charge is 0.456 e. The monoisotopic (exact) mass is 1050 g/mol. The molecule has 3 aromatic heterocycles. The summed E-state index contributed by atoms with van der Waals surface area (Å²) in [4.78, 5) is 5.27. The summed E-state index contributed by atoms with van der Waals surface area (Å²) in [6.45, 7) is 9.38. The van der Waals surface area contributed by atoms with Gasteiger partial charge in [0.25, 0.3) is 0 Å². The number of furan rings is 1. The summed E-state index contributed by atoms with van der Waals surface area (Å²) in [7, 11) is 0. The molecule has 2 aliphatic rings. The van der Waals surface area contributed by atoms with Crippen molar-refractivity contribution in [2.45, 2.75) is 62.2 Å². The van der Waals surface area contributed by atoms with Gasteiger partial charge in [-0.15, -0.1) is 0 Å². The molecule has 2 aliphatic heterocycles. The van der Waals surface area contributed by atoms with Gasteiger partial charge in [0.15, 0.2) is 0 Å². The molecule has 80 heavy (non-hydrogen) atoms. The average Bonchev–Trinajstić information content (AvgIpc) is 4.24. The normalized spacial score (nSPS) is 13.1. The van der Waals surface area contributed by atoms with Crippen LogP contribution in [0.2, 0.25) is 0 Å². The van der Waals surface area contributed by atoms with Crippen molar-refractivity contribution in [1.82, 2.24) is 9.13 Å². The van der Waals surface area contributed by atoms with E-state index >= 15 is 0 Å². The van der Waals surface area contributed by atoms with Crippen molar-refractivity contribution in [2.24, 2.45) is 0 Å². The van der Waals surface area contributed by atoms with Gasteiger partial charge in [0.05, 0.1) is 27.8 Å². The lowest BCUT2D eigenvalue weighted by atomic mass is 9.34. The summed E-state index contributed by atoms with van der Waals surface area (Å²) in [6.07, 6.45) is 3.09. The second-order valence-electron chi connectivity index (χ2n) is 23.1. The van der Waals surface area contributed by atoms with Gasteiger partial charge in [0.1, 0.15) is 11.2 Å². The van der Waals surface area contributed by atoms with E-state index in [1.165, 1.54) is 126 Å². The van der Waals surface area contributed by atoms with E-state index in [2.05, 4.69) is 272 Å². The Morgan fingerprint density at radius 3 is 1.64 bits per heavy atom. The zero-order valence-corrected chi connectivity index (χ0v) is 46.1. The van der Waals surface area contributed by atoms with Gasteiger partial charge < -0.3 is 18.5 Å². The number of aromatic nitrogens is 2. The van der Waals surface area contributed by atoms with E-state index in [1.807, 2.05) is 11.8 Å². The Balaban J connectivity index is 0.950. The minimum Gasteiger partial charge on any atom is -0.456 e. The van der Waals surface area contributed by atoms with Crippen LogP contribution in [0.25, 0.3) is 99.2 Å². The molecule has 6 heteroatoms. The van der Waals surface area contributed by atoms with Crippen LogP contribution in [0.15, 0.2) is 245 Å². The van der Waals surface area contributed by atoms with Crippen molar-refractivity contribution in [3.63, 3.8) is 0 Å². The fourth-order valence-electron chi connectivity index (χ4n) is 13.4. The lowest BCUT2D eigenvalue weighted by Crippen LogP contribution is -2.60. The molecular weight excluding hydrogens is 990 g/mol. The first-order chi connectivity index (χ1) is 39.3. The number of unbranched alkanes of at least 4 members (excludes halogenated alkanes) is 1. The maximum absolute atomic E-state index is 6.69. The van der Waals surface area contributed by atoms with Gasteiger partial charge in [-0.1, -0.05) is 191 Å². The van der Waals surface area contributed by atoms with E-state index in [0.717, 1.165) is 46.9 Å². The van der Waals surface area contributed by atoms with E-state index in [-0.39, 0.29) is 12.1 Å². The van der Waals surface area contributed by atoms with Crippen LogP contribution in [0.5, 0.6) is 0 Å². The lowest BCUT2D eigenvalue weighted by Gasteiger charge is -2.42. The Kier molecular flexibility index (Phi) is 10.6. The van der Waals surface area contributed by atoms with Crippen molar-refractivity contribution < 1.29 is 4.42 Å². The first kappa shape index (κ1) is 47.1. The van der Waals surface area contributed by atoms with Gasteiger partial charge >= 0.3 is 0 Å². The van der Waals surface area contributed by atoms with Crippen LogP contribution < -0.4 is 21.3 Å². The van der Waals surface area contributed by atoms with E-state index in [9.17, 15) is 0 Å². The third-order valence-electron chi connectivity index (χ3n) is 17.3. The van der Waals surface area contributed by atoms with Crippen molar-refractivity contribution in [3.05, 3.63) is 242 Å². The maximum atomic E-state index is 6.69. The molecule has 0 bridgehead atoms. The molecule has 4 nitrogen and oxygen atoms in total. The molecule has 14 aromatic rings. The van der Waals surface area contributed by atoms with Gasteiger partial charge in [0.2, 0.25) is 6.71 Å². The molecule has 0 amide bonds. The Morgan fingerprint density at radius 2 is 1.00 bits per heavy atom. The van der Waals surface area contributed by atoms with Gasteiger partial charge in [-0.2, -0.15) is 0 Å². The number of hydrogen-bond acceptors (Lipinski definition) is 3. The number of nitrogens with zero attached hydrogens (tertiary/aromatic N) is 3. The summed E-state index contributed by atoms with van der Waals surface area (Å²) in [5, 5.41) is 7.28. The highest BCUT2D eigenvalue weighted by molar-refractivity contribution is 8.00. The van der Waals surface area contributed by atoms with Gasteiger partial charge in [-0.3, -0.25) is 0 Å². The number of aryl methyl sites for hydroxylation is 1. The van der Waals surface area contributed by atoms with Crippen LogP contribution in [-0.4, -0.2) is 15.8 Å². The number of rotatable bonds is 8. The van der Waals surface area contributed by atoms with Crippen molar-refractivity contribution in [1.29, 1.82) is 0 Å². The Morgan fingerprint density at radius 1 is 0.425 bits per heavy atom. The predicted octanol–water partition coefficient (Wildman–Crippen LogP) is 18.5. The SMILES string of the molecule is CCCCc1cc2oc3ccccc3c2cc1N1c2cc(-n3c4ccccc4c4cc(-c5ccccc5)ccc43)ccc2B2c3ccc(-n4c5ccccc5c5cc(-c6ccccc6)ccc54)cc3Sc3cc(C(C)(C)C)cc1c32. The minimum atomic E-state index is -0.129. The molecule has 0 saturated heterocycles. The third-order valence-corrected chi connectivity index (χ3v) is 18.4. The van der Waals surface area contributed by atoms with Gasteiger partial charge in [0, 0.05) is 64.9 Å². The second-order valence-corrected chi connectivity index (χ2v) is 24.2. The van der Waals surface area contributed by atoms with E-state index in [4.69, 9.17) is 4.42 Å². The lowest BCUT2D eigenvalue weighted by molar-refractivity contribution is 0.589. The van der Waals surface area contributed by atoms with Crippen LogP contribution in [0.4, 0.5) is 17.1 Å². The zero-order chi connectivity index (χ0) is 53.4. The molecule has 0 atom stereocenters. The molecule has 0 spiro atoms. The molecule has 5 heterocycles. The second kappa shape index (κ2) is 18.0. The van der Waals surface area contributed by atoms with Crippen molar-refractivity contribution in [2.75, 3.05) is 4.90 Å². The predicted molar refractivity (Wildman–Crippen MR) is 340 cm³/mol. The standard InChI is InChI=1S/C74H56BN3OS/c1-5-6-19-50-40-70-59(56-26-15-18-29-69(56)79-70)45-66(50)78-67-43-52(76-62-27-16-13-24-54(62)57-38-48(30-36-64(57)76)46-20-9-7-10-21-46)32-34-60(67)75-61-35-33-53(44-71(61)80-72-42-51(74(2,3)4)41-68(78)73(72)75)77-63-28-17-14-25-55(63)58-39-49(31-37-65(58)77)47-22-11-8-12-23-47/h7-18,20-45H,5-6,19H2,1-4H3. The van der Waals surface area contributed by atoms with Gasteiger partial charge in [-0.05, 0) is 154 Å². The summed E-state index contributed by atoms with van der Waals surface area (Å²) in [5.41, 5.74) is 24.0. The molecule has 0 aliphatic carbocycles. The van der Waals surface area contributed by atoms with Gasteiger partial charge in [-0.25, -0.2) is 0 Å². The topological polar surface area (TPSA) is 26.2 Å². The third kappa shape index (κ3) is 7.24. The summed E-state index contributed by atoms with van der Waals surface area (Å²) in [5.74, 6) is 0. The van der Waals surface area contributed by atoms with Crippen LogP contribution in [0.1, 0.15) is 51.7 Å². The van der Waals surface area contributed by atoms with E-state index in [0.29, 0.717) is 0 Å². The first-order valence-corrected chi connectivity index (χ1v) is 29.1.